The lowest BCUT2D eigenvalue weighted by atomic mass is 9.87. The van der Waals surface area contributed by atoms with Crippen molar-refractivity contribution in [3.63, 3.8) is 0 Å². The van der Waals surface area contributed by atoms with Gasteiger partial charge >= 0.3 is 0 Å². The second-order valence-electron chi connectivity index (χ2n) is 6.96. The van der Waals surface area contributed by atoms with Gasteiger partial charge in [0.25, 0.3) is 5.91 Å². The van der Waals surface area contributed by atoms with Crippen molar-refractivity contribution < 1.29 is 9.59 Å². The minimum Gasteiger partial charge on any atom is -0.349 e. The molecular formula is C19H23ClN2O2. The monoisotopic (exact) mass is 346 g/mol. The first-order valence-electron chi connectivity index (χ1n) is 8.52. The molecule has 0 unspecified atom stereocenters. The molecule has 1 fully saturated rings. The Morgan fingerprint density at radius 2 is 1.96 bits per heavy atom. The minimum absolute atomic E-state index is 0.0510. The third-order valence-corrected chi connectivity index (χ3v) is 5.07. The lowest BCUT2D eigenvalue weighted by molar-refractivity contribution is -0.117. The van der Waals surface area contributed by atoms with E-state index >= 15 is 0 Å². The van der Waals surface area contributed by atoms with Gasteiger partial charge in [0.1, 0.15) is 5.78 Å². The average Bonchev–Trinajstić information content (AvgIpc) is 2.87. The summed E-state index contributed by atoms with van der Waals surface area (Å²) in [5.74, 6) is 0.716. The number of carbonyl (C=O) groups excluding carboxylic acids is 2. The smallest absolute Gasteiger partial charge is 0.253 e. The number of rotatable bonds is 4. The van der Waals surface area contributed by atoms with E-state index in [1.54, 1.807) is 25.3 Å². The third kappa shape index (κ3) is 3.64. The highest BCUT2D eigenvalue weighted by atomic mass is 35.5. The van der Waals surface area contributed by atoms with Crippen molar-refractivity contribution in [1.82, 2.24) is 9.88 Å². The van der Waals surface area contributed by atoms with Crippen LogP contribution in [0.3, 0.4) is 0 Å². The highest BCUT2D eigenvalue weighted by molar-refractivity contribution is 6.31. The van der Waals surface area contributed by atoms with Crippen LogP contribution in [0, 0.1) is 5.92 Å². The predicted molar refractivity (Wildman–Crippen MR) is 96.5 cm³/mol. The molecule has 0 saturated heterocycles. The lowest BCUT2D eigenvalue weighted by Crippen LogP contribution is -2.37. The Morgan fingerprint density at radius 1 is 1.25 bits per heavy atom. The third-order valence-electron chi connectivity index (χ3n) is 4.83. The molecule has 1 aromatic carbocycles. The van der Waals surface area contributed by atoms with Gasteiger partial charge in [-0.25, -0.2) is 0 Å². The van der Waals surface area contributed by atoms with Gasteiger partial charge in [-0.05, 0) is 56.7 Å². The summed E-state index contributed by atoms with van der Waals surface area (Å²) < 4.78 is 1.83. The van der Waals surface area contributed by atoms with Gasteiger partial charge in [-0.3, -0.25) is 9.59 Å². The number of nitrogens with zero attached hydrogens (tertiary/aromatic N) is 1. The number of amides is 1. The van der Waals surface area contributed by atoms with Crippen molar-refractivity contribution in [2.45, 2.75) is 52.1 Å². The second kappa shape index (κ2) is 6.98. The number of nitrogens with one attached hydrogen (secondary N) is 1. The Bertz CT molecular complexity index is 773. The maximum absolute atomic E-state index is 12.8. The molecule has 1 saturated carbocycles. The first kappa shape index (κ1) is 17.0. The minimum atomic E-state index is -0.0795. The van der Waals surface area contributed by atoms with Crippen LogP contribution >= 0.6 is 11.6 Å². The van der Waals surface area contributed by atoms with Crippen LogP contribution in [0.4, 0.5) is 0 Å². The van der Waals surface area contributed by atoms with Crippen LogP contribution in [-0.2, 0) is 11.3 Å². The molecule has 1 aliphatic carbocycles. The van der Waals surface area contributed by atoms with Gasteiger partial charge in [-0.15, -0.1) is 0 Å². The zero-order chi connectivity index (χ0) is 17.3. The van der Waals surface area contributed by atoms with Gasteiger partial charge < -0.3 is 9.88 Å². The Kier molecular flexibility index (Phi) is 4.95. The Morgan fingerprint density at radius 3 is 2.62 bits per heavy atom. The molecule has 3 rings (SSSR count). The number of halogens is 1. The van der Waals surface area contributed by atoms with Crippen molar-refractivity contribution in [1.29, 1.82) is 0 Å². The molecule has 0 aliphatic heterocycles. The van der Waals surface area contributed by atoms with E-state index in [4.69, 9.17) is 11.6 Å². The van der Waals surface area contributed by atoms with Crippen molar-refractivity contribution in [2.75, 3.05) is 0 Å². The first-order valence-corrected chi connectivity index (χ1v) is 8.90. The highest BCUT2D eigenvalue weighted by Gasteiger charge is 2.22. The normalized spacial score (nSPS) is 21.0. The number of ketones is 1. The van der Waals surface area contributed by atoms with Crippen molar-refractivity contribution in [3.05, 3.63) is 35.0 Å². The fraction of sp³-hybridized carbons (Fsp3) is 0.474. The van der Waals surface area contributed by atoms with E-state index in [2.05, 4.69) is 12.2 Å². The van der Waals surface area contributed by atoms with E-state index < -0.39 is 0 Å². The molecule has 1 aliphatic rings. The molecule has 1 heterocycles. The van der Waals surface area contributed by atoms with Crippen molar-refractivity contribution in [2.24, 2.45) is 5.92 Å². The summed E-state index contributed by atoms with van der Waals surface area (Å²) in [7, 11) is 0. The molecule has 0 radical (unpaired) electrons. The number of aromatic nitrogens is 1. The average molecular weight is 347 g/mol. The molecule has 1 aromatic heterocycles. The van der Waals surface area contributed by atoms with Crippen LogP contribution < -0.4 is 5.32 Å². The molecule has 1 amide bonds. The number of carbonyl (C=O) groups is 2. The summed E-state index contributed by atoms with van der Waals surface area (Å²) in [6.07, 6.45) is 6.13. The van der Waals surface area contributed by atoms with Gasteiger partial charge in [0.2, 0.25) is 0 Å². The molecule has 2 aromatic rings. The van der Waals surface area contributed by atoms with Gasteiger partial charge in [-0.2, -0.15) is 0 Å². The summed E-state index contributed by atoms with van der Waals surface area (Å²) in [4.78, 5) is 24.3. The van der Waals surface area contributed by atoms with Crippen LogP contribution in [0.25, 0.3) is 10.9 Å². The number of benzene rings is 1. The second-order valence-corrected chi connectivity index (χ2v) is 7.40. The predicted octanol–water partition coefficient (Wildman–Crippen LogP) is 4.19. The van der Waals surface area contributed by atoms with Crippen LogP contribution in [0.15, 0.2) is 24.4 Å². The lowest BCUT2D eigenvalue weighted by Gasteiger charge is -2.26. The van der Waals surface area contributed by atoms with E-state index in [0.717, 1.165) is 42.5 Å². The number of Topliss-reactive ketones (excluding diaryl/α,β-unsaturated/α-hetero) is 1. The first-order chi connectivity index (χ1) is 11.4. The van der Waals surface area contributed by atoms with Gasteiger partial charge in [-0.1, -0.05) is 18.5 Å². The quantitative estimate of drug-likeness (QED) is 0.902. The summed E-state index contributed by atoms with van der Waals surface area (Å²) in [5.41, 5.74) is 1.45. The zero-order valence-corrected chi connectivity index (χ0v) is 14.9. The standard InChI is InChI=1S/C19H23ClN2O2/c1-12-3-6-15(7-4-12)21-19(24)17-11-22(10-13(2)23)18-8-5-14(20)9-16(17)18/h5,8-9,11-12,15H,3-4,6-7,10H2,1-2H3,(H,21,24). The molecule has 0 spiro atoms. The molecule has 24 heavy (non-hydrogen) atoms. The molecule has 0 bridgehead atoms. The summed E-state index contributed by atoms with van der Waals surface area (Å²) >= 11 is 6.11. The maximum atomic E-state index is 12.8. The van der Waals surface area contributed by atoms with Crippen LogP contribution in [0.1, 0.15) is 49.9 Å². The van der Waals surface area contributed by atoms with E-state index in [1.807, 2.05) is 10.6 Å². The topological polar surface area (TPSA) is 51.1 Å². The molecule has 128 valence electrons. The van der Waals surface area contributed by atoms with E-state index in [1.165, 1.54) is 0 Å². The molecule has 4 nitrogen and oxygen atoms in total. The van der Waals surface area contributed by atoms with E-state index in [9.17, 15) is 9.59 Å². The molecule has 5 heteroatoms. The Labute approximate surface area is 147 Å². The fourth-order valence-corrected chi connectivity index (χ4v) is 3.66. The summed E-state index contributed by atoms with van der Waals surface area (Å²) in [6.45, 7) is 4.06. The molecule has 1 N–H and O–H groups in total. The molecular weight excluding hydrogens is 324 g/mol. The van der Waals surface area contributed by atoms with Gasteiger partial charge in [0.05, 0.1) is 12.1 Å². The van der Waals surface area contributed by atoms with Crippen molar-refractivity contribution in [3.8, 4) is 0 Å². The Balaban J connectivity index is 1.88. The largest absolute Gasteiger partial charge is 0.349 e. The number of fused-ring (bicyclic) bond motifs is 1. The van der Waals surface area contributed by atoms with Gasteiger partial charge in [0.15, 0.2) is 0 Å². The van der Waals surface area contributed by atoms with E-state index in [0.29, 0.717) is 10.6 Å². The highest BCUT2D eigenvalue weighted by Crippen LogP contribution is 2.27. The van der Waals surface area contributed by atoms with Gasteiger partial charge in [0, 0.05) is 28.2 Å². The zero-order valence-electron chi connectivity index (χ0n) is 14.1. The maximum Gasteiger partial charge on any atom is 0.253 e. The van der Waals surface area contributed by atoms with Crippen molar-refractivity contribution >= 4 is 34.2 Å². The number of hydrogen-bond donors (Lipinski definition) is 1. The SMILES string of the molecule is CC(=O)Cn1cc(C(=O)NC2CCC(C)CC2)c2cc(Cl)ccc21. The fourth-order valence-electron chi connectivity index (χ4n) is 3.49. The summed E-state index contributed by atoms with van der Waals surface area (Å²) in [6, 6.07) is 5.68. The van der Waals surface area contributed by atoms with Crippen LogP contribution in [-0.4, -0.2) is 22.3 Å². The number of hydrogen-bond acceptors (Lipinski definition) is 2. The van der Waals surface area contributed by atoms with Crippen LogP contribution in [0.2, 0.25) is 5.02 Å². The van der Waals surface area contributed by atoms with E-state index in [-0.39, 0.29) is 24.3 Å². The molecule has 0 atom stereocenters. The van der Waals surface area contributed by atoms with Crippen LogP contribution in [0.5, 0.6) is 0 Å². The Hall–Kier alpha value is -1.81. The summed E-state index contributed by atoms with van der Waals surface area (Å²) in [5, 5.41) is 4.54.